The molecule has 178 valence electrons. The van der Waals surface area contributed by atoms with Crippen LogP contribution in [0.5, 0.6) is 0 Å². The Bertz CT molecular complexity index is 616. The molecule has 0 aromatic carbocycles. The Morgan fingerprint density at radius 2 is 1.07 bits per heavy atom. The van der Waals surface area contributed by atoms with E-state index in [9.17, 15) is 57.1 Å². The molecule has 2 aliphatic rings. The third kappa shape index (κ3) is 3.84. The van der Waals surface area contributed by atoms with Gasteiger partial charge in [0, 0.05) is 6.42 Å². The predicted octanol–water partition coefficient (Wildman–Crippen LogP) is 5.84. The Morgan fingerprint density at radius 3 is 1.57 bits per heavy atom. The summed E-state index contributed by atoms with van der Waals surface area (Å²) in [7, 11) is 0. The van der Waals surface area contributed by atoms with Crippen LogP contribution in [0.1, 0.15) is 32.1 Å². The molecule has 30 heavy (non-hydrogen) atoms. The summed E-state index contributed by atoms with van der Waals surface area (Å²) in [6.07, 6.45) is -11.3. The smallest absolute Gasteiger partial charge is 0.373 e. The molecular weight excluding hydrogens is 459 g/mol. The maximum atomic E-state index is 13.9. The standard InChI is InChI=1S/C15H15F13O2/c16-10(17,5-7-6-29-8-3-1-2-4-9(8)30-7)11(18,19)12(20,21)13(22,23)14(24,25)15(26,27)28/h7-9H,1-6H2/t7-,8+,9+/m1/s1. The van der Waals surface area contributed by atoms with Gasteiger partial charge < -0.3 is 9.47 Å². The molecule has 0 bridgehead atoms. The van der Waals surface area contributed by atoms with Crippen molar-refractivity contribution in [3.63, 3.8) is 0 Å². The summed E-state index contributed by atoms with van der Waals surface area (Å²) in [5.41, 5.74) is 0. The van der Waals surface area contributed by atoms with E-state index in [0.717, 1.165) is 0 Å². The Kier molecular flexibility index (Phi) is 6.36. The van der Waals surface area contributed by atoms with Gasteiger partial charge in [0.15, 0.2) is 0 Å². The monoisotopic (exact) mass is 474 g/mol. The highest BCUT2D eigenvalue weighted by molar-refractivity contribution is 5.10. The SMILES string of the molecule is FC(F)(F)C(F)(F)C(F)(F)C(F)(F)C(F)(F)C(F)(F)C[C@@H]1CO[C@H]2CCCC[C@@H]2O1. The zero-order valence-corrected chi connectivity index (χ0v) is 14.7. The highest BCUT2D eigenvalue weighted by Gasteiger charge is 2.90. The van der Waals surface area contributed by atoms with Crippen molar-refractivity contribution in [3.8, 4) is 0 Å². The second kappa shape index (κ2) is 7.55. The molecule has 0 unspecified atom stereocenters. The van der Waals surface area contributed by atoms with Gasteiger partial charge in [0.25, 0.3) is 0 Å². The van der Waals surface area contributed by atoms with Crippen molar-refractivity contribution in [1.29, 1.82) is 0 Å². The Morgan fingerprint density at radius 1 is 0.600 bits per heavy atom. The number of halogens is 13. The topological polar surface area (TPSA) is 18.5 Å². The summed E-state index contributed by atoms with van der Waals surface area (Å²) < 4.78 is 180. The molecule has 1 saturated carbocycles. The van der Waals surface area contributed by atoms with Crippen molar-refractivity contribution in [1.82, 2.24) is 0 Å². The van der Waals surface area contributed by atoms with Gasteiger partial charge in [-0.25, -0.2) is 0 Å². The van der Waals surface area contributed by atoms with Crippen LogP contribution < -0.4 is 0 Å². The number of alkyl halides is 13. The minimum Gasteiger partial charge on any atom is -0.373 e. The van der Waals surface area contributed by atoms with Gasteiger partial charge in [-0.05, 0) is 12.8 Å². The van der Waals surface area contributed by atoms with E-state index in [0.29, 0.717) is 19.3 Å². The molecule has 0 N–H and O–H groups in total. The van der Waals surface area contributed by atoms with Crippen LogP contribution >= 0.6 is 0 Å². The van der Waals surface area contributed by atoms with Gasteiger partial charge >= 0.3 is 35.8 Å². The van der Waals surface area contributed by atoms with Crippen LogP contribution in [0.3, 0.4) is 0 Å². The molecule has 2 nitrogen and oxygen atoms in total. The van der Waals surface area contributed by atoms with Crippen molar-refractivity contribution in [3.05, 3.63) is 0 Å². The fourth-order valence-electron chi connectivity index (χ4n) is 3.25. The van der Waals surface area contributed by atoms with E-state index in [1.807, 2.05) is 0 Å². The summed E-state index contributed by atoms with van der Waals surface area (Å²) in [6.45, 7) is -0.812. The van der Waals surface area contributed by atoms with Crippen molar-refractivity contribution in [2.75, 3.05) is 6.61 Å². The van der Waals surface area contributed by atoms with Crippen LogP contribution in [0.15, 0.2) is 0 Å². The fourth-order valence-corrected chi connectivity index (χ4v) is 3.25. The van der Waals surface area contributed by atoms with Gasteiger partial charge in [0.2, 0.25) is 0 Å². The highest BCUT2D eigenvalue weighted by atomic mass is 19.4. The maximum Gasteiger partial charge on any atom is 0.460 e. The molecule has 0 spiro atoms. The van der Waals surface area contributed by atoms with E-state index >= 15 is 0 Å². The van der Waals surface area contributed by atoms with E-state index in [4.69, 9.17) is 9.47 Å². The summed E-state index contributed by atoms with van der Waals surface area (Å²) >= 11 is 0. The van der Waals surface area contributed by atoms with Gasteiger partial charge in [-0.2, -0.15) is 57.1 Å². The van der Waals surface area contributed by atoms with Gasteiger partial charge in [-0.15, -0.1) is 0 Å². The van der Waals surface area contributed by atoms with Crippen LogP contribution in [-0.4, -0.2) is 60.7 Å². The molecular formula is C15H15F13O2. The summed E-state index contributed by atoms with van der Waals surface area (Å²) in [6, 6.07) is 0. The number of hydrogen-bond acceptors (Lipinski definition) is 2. The number of ether oxygens (including phenoxy) is 2. The Balaban J connectivity index is 2.26. The quantitative estimate of drug-likeness (QED) is 0.451. The predicted molar refractivity (Wildman–Crippen MR) is 72.3 cm³/mol. The number of hydrogen-bond donors (Lipinski definition) is 0. The van der Waals surface area contributed by atoms with Crippen LogP contribution in [0.2, 0.25) is 0 Å². The lowest BCUT2D eigenvalue weighted by Gasteiger charge is -2.43. The van der Waals surface area contributed by atoms with Crippen molar-refractivity contribution in [2.24, 2.45) is 0 Å². The lowest BCUT2D eigenvalue weighted by molar-refractivity contribution is -0.441. The zero-order chi connectivity index (χ0) is 23.4. The van der Waals surface area contributed by atoms with Crippen LogP contribution in [-0.2, 0) is 9.47 Å². The summed E-state index contributed by atoms with van der Waals surface area (Å²) in [5.74, 6) is -36.8. The first-order chi connectivity index (χ1) is 13.3. The maximum absolute atomic E-state index is 13.9. The van der Waals surface area contributed by atoms with Crippen molar-refractivity contribution in [2.45, 2.75) is 86.2 Å². The largest absolute Gasteiger partial charge is 0.460 e. The average molecular weight is 474 g/mol. The lowest BCUT2D eigenvalue weighted by atomic mass is 9.90. The van der Waals surface area contributed by atoms with Crippen LogP contribution in [0.4, 0.5) is 57.1 Å². The molecule has 2 fully saturated rings. The first kappa shape index (κ1) is 25.3. The zero-order valence-electron chi connectivity index (χ0n) is 14.7. The molecule has 0 aromatic rings. The van der Waals surface area contributed by atoms with Crippen molar-refractivity contribution >= 4 is 0 Å². The number of rotatable bonds is 6. The van der Waals surface area contributed by atoms with Crippen LogP contribution in [0, 0.1) is 0 Å². The molecule has 0 radical (unpaired) electrons. The normalized spacial score (nSPS) is 27.7. The highest BCUT2D eigenvalue weighted by Crippen LogP contribution is 2.60. The molecule has 1 heterocycles. The third-order valence-corrected chi connectivity index (χ3v) is 4.99. The summed E-state index contributed by atoms with van der Waals surface area (Å²) in [5, 5.41) is 0. The third-order valence-electron chi connectivity index (χ3n) is 4.99. The molecule has 1 saturated heterocycles. The van der Waals surface area contributed by atoms with E-state index in [2.05, 4.69) is 0 Å². The second-order valence-corrected chi connectivity index (χ2v) is 7.16. The van der Waals surface area contributed by atoms with Gasteiger partial charge in [-0.3, -0.25) is 0 Å². The minimum absolute atomic E-state index is 0.245. The van der Waals surface area contributed by atoms with Gasteiger partial charge in [-0.1, -0.05) is 12.8 Å². The molecule has 1 aliphatic heterocycles. The van der Waals surface area contributed by atoms with E-state index in [-0.39, 0.29) is 6.42 Å². The summed E-state index contributed by atoms with van der Waals surface area (Å²) in [4.78, 5) is 0. The Labute approximate surface area is 160 Å². The first-order valence-corrected chi connectivity index (χ1v) is 8.52. The minimum atomic E-state index is -7.89. The second-order valence-electron chi connectivity index (χ2n) is 7.16. The van der Waals surface area contributed by atoms with E-state index < -0.39 is 67.1 Å². The van der Waals surface area contributed by atoms with Crippen molar-refractivity contribution < 1.29 is 66.5 Å². The van der Waals surface area contributed by atoms with E-state index in [1.165, 1.54) is 0 Å². The molecule has 1 aliphatic carbocycles. The molecule has 2 rings (SSSR count). The van der Waals surface area contributed by atoms with E-state index in [1.54, 1.807) is 0 Å². The molecule has 15 heteroatoms. The lowest BCUT2D eigenvalue weighted by Crippen LogP contribution is -2.70. The molecule has 3 atom stereocenters. The number of fused-ring (bicyclic) bond motifs is 1. The molecule has 0 amide bonds. The van der Waals surface area contributed by atoms with Gasteiger partial charge in [0.05, 0.1) is 24.9 Å². The molecule has 0 aromatic heterocycles. The van der Waals surface area contributed by atoms with Crippen LogP contribution in [0.25, 0.3) is 0 Å². The average Bonchev–Trinajstić information content (AvgIpc) is 2.59. The Hall–Kier alpha value is -0.990. The van der Waals surface area contributed by atoms with Gasteiger partial charge in [0.1, 0.15) is 0 Å². The first-order valence-electron chi connectivity index (χ1n) is 8.52. The fraction of sp³-hybridized carbons (Fsp3) is 1.00.